The quantitative estimate of drug-likeness (QED) is 0.162. The molecule has 0 radical (unpaired) electrons. The molecule has 0 aliphatic carbocycles. The summed E-state index contributed by atoms with van der Waals surface area (Å²) in [6.45, 7) is 15.2. The Morgan fingerprint density at radius 3 is 1.85 bits per heavy atom. The first-order chi connectivity index (χ1) is 15.7. The number of aliphatic carboxylic acids is 1. The zero-order chi connectivity index (χ0) is 24.6. The normalized spacial score (nSPS) is 19.0. The number of ether oxygens (including phenoxy) is 1. The fraction of sp³-hybridized carbons (Fsp3) is 0.567. The molecule has 0 aromatic heterocycles. The maximum Gasteiger partial charge on any atom is 0.333 e. The van der Waals surface area contributed by atoms with Gasteiger partial charge in [0, 0.05) is 0 Å². The monoisotopic (exact) mass is 454 g/mol. The summed E-state index contributed by atoms with van der Waals surface area (Å²) in [6.07, 6.45) is 21.9. The molecule has 1 aliphatic rings. The first kappa shape index (κ1) is 28.9. The highest BCUT2D eigenvalue weighted by Crippen LogP contribution is 2.23. The van der Waals surface area contributed by atoms with Crippen molar-refractivity contribution in [1.29, 1.82) is 0 Å². The maximum atomic E-state index is 11.0. The minimum absolute atomic E-state index is 0.165. The van der Waals surface area contributed by atoms with Crippen molar-refractivity contribution in [2.75, 3.05) is 6.61 Å². The second-order valence-electron chi connectivity index (χ2n) is 9.66. The highest BCUT2D eigenvalue weighted by Gasteiger charge is 2.23. The molecule has 0 aromatic rings. The van der Waals surface area contributed by atoms with E-state index >= 15 is 0 Å². The molecule has 3 nitrogen and oxygen atoms in total. The lowest BCUT2D eigenvalue weighted by Crippen LogP contribution is -2.26. The molecule has 0 saturated carbocycles. The SMILES string of the molecule is C=C(C(=O)O)[C@@H]1CC/C(=C/CC/C=C(\C)CC/C=C(\C)CC/C=C(\C)CCC=C(C)C)CO1. The second-order valence-corrected chi connectivity index (χ2v) is 9.66. The van der Waals surface area contributed by atoms with Crippen LogP contribution in [0.5, 0.6) is 0 Å². The summed E-state index contributed by atoms with van der Waals surface area (Å²) in [5, 5.41) is 9.01. The van der Waals surface area contributed by atoms with Gasteiger partial charge in [0.2, 0.25) is 0 Å². The lowest BCUT2D eigenvalue weighted by atomic mass is 9.98. The summed E-state index contributed by atoms with van der Waals surface area (Å²) < 4.78 is 5.66. The van der Waals surface area contributed by atoms with Crippen molar-refractivity contribution in [1.82, 2.24) is 0 Å². The van der Waals surface area contributed by atoms with Gasteiger partial charge in [-0.15, -0.1) is 0 Å². The van der Waals surface area contributed by atoms with Crippen LogP contribution in [0.4, 0.5) is 0 Å². The zero-order valence-corrected chi connectivity index (χ0v) is 21.7. The summed E-state index contributed by atoms with van der Waals surface area (Å²) in [6, 6.07) is 0. The van der Waals surface area contributed by atoms with E-state index in [2.05, 4.69) is 71.6 Å². The first-order valence-corrected chi connectivity index (χ1v) is 12.5. The number of hydrogen-bond acceptors (Lipinski definition) is 2. The predicted molar refractivity (Wildman–Crippen MR) is 141 cm³/mol. The molecule has 3 heteroatoms. The number of hydrogen-bond donors (Lipinski definition) is 1. The van der Waals surface area contributed by atoms with Crippen LogP contribution in [0, 0.1) is 0 Å². The highest BCUT2D eigenvalue weighted by molar-refractivity contribution is 5.86. The van der Waals surface area contributed by atoms with E-state index in [4.69, 9.17) is 9.84 Å². The molecule has 1 N–H and O–H groups in total. The van der Waals surface area contributed by atoms with E-state index in [1.165, 1.54) is 34.3 Å². The molecule has 1 atom stereocenters. The molecule has 1 aliphatic heterocycles. The Hall–Kier alpha value is -2.13. The fourth-order valence-electron chi connectivity index (χ4n) is 3.86. The van der Waals surface area contributed by atoms with Crippen molar-refractivity contribution in [3.63, 3.8) is 0 Å². The lowest BCUT2D eigenvalue weighted by Gasteiger charge is -2.24. The Bertz CT molecular complexity index is 775. The Morgan fingerprint density at radius 1 is 0.879 bits per heavy atom. The molecule has 0 amide bonds. The number of carbonyl (C=O) groups is 1. The Balaban J connectivity index is 2.23. The van der Waals surface area contributed by atoms with E-state index in [9.17, 15) is 4.79 Å². The first-order valence-electron chi connectivity index (χ1n) is 12.5. The molecule has 184 valence electrons. The van der Waals surface area contributed by atoms with Gasteiger partial charge in [-0.3, -0.25) is 0 Å². The van der Waals surface area contributed by atoms with E-state index in [1.807, 2.05) is 0 Å². The van der Waals surface area contributed by atoms with E-state index in [0.29, 0.717) is 13.0 Å². The van der Waals surface area contributed by atoms with Crippen molar-refractivity contribution in [3.05, 3.63) is 70.4 Å². The zero-order valence-electron chi connectivity index (χ0n) is 21.7. The van der Waals surface area contributed by atoms with Crippen LogP contribution in [0.1, 0.15) is 98.8 Å². The Labute approximate surface area is 202 Å². The summed E-state index contributed by atoms with van der Waals surface area (Å²) in [7, 11) is 0. The third-order valence-corrected chi connectivity index (χ3v) is 6.11. The topological polar surface area (TPSA) is 46.5 Å². The Morgan fingerprint density at radius 2 is 1.39 bits per heavy atom. The average Bonchev–Trinajstić information content (AvgIpc) is 2.76. The van der Waals surface area contributed by atoms with Crippen molar-refractivity contribution >= 4 is 5.97 Å². The minimum Gasteiger partial charge on any atom is -0.478 e. The van der Waals surface area contributed by atoms with Gasteiger partial charge in [-0.05, 0) is 104 Å². The van der Waals surface area contributed by atoms with Crippen LogP contribution in [0.15, 0.2) is 70.4 Å². The van der Waals surface area contributed by atoms with Gasteiger partial charge >= 0.3 is 5.97 Å². The standard InChI is InChI=1S/C30H46O3/c1-23(2)12-9-14-25(4)16-11-18-26(5)17-10-15-24(3)13-7-8-19-28-20-21-29(33-22-28)27(6)30(31)32/h12-13,16-17,19,29H,6-11,14-15,18,20-22H2,1-5H3,(H,31,32)/b24-13+,25-16+,26-17+,28-19-/t29-/m0/s1. The smallest absolute Gasteiger partial charge is 0.333 e. The largest absolute Gasteiger partial charge is 0.478 e. The maximum absolute atomic E-state index is 11.0. The summed E-state index contributed by atoms with van der Waals surface area (Å²) in [4.78, 5) is 11.0. The van der Waals surface area contributed by atoms with Crippen LogP contribution in [0.3, 0.4) is 0 Å². The third kappa shape index (κ3) is 13.9. The minimum atomic E-state index is -0.962. The van der Waals surface area contributed by atoms with Crippen LogP contribution < -0.4 is 0 Å². The highest BCUT2D eigenvalue weighted by atomic mass is 16.5. The second kappa shape index (κ2) is 16.5. The number of carboxylic acid groups (broad SMARTS) is 1. The molecule has 0 spiro atoms. The fourth-order valence-corrected chi connectivity index (χ4v) is 3.86. The van der Waals surface area contributed by atoms with Gasteiger partial charge in [-0.1, -0.05) is 59.3 Å². The van der Waals surface area contributed by atoms with Gasteiger partial charge in [0.15, 0.2) is 0 Å². The molecular formula is C30H46O3. The van der Waals surface area contributed by atoms with Crippen LogP contribution in [-0.2, 0) is 9.53 Å². The van der Waals surface area contributed by atoms with Gasteiger partial charge in [0.25, 0.3) is 0 Å². The van der Waals surface area contributed by atoms with Crippen LogP contribution in [-0.4, -0.2) is 23.8 Å². The number of carboxylic acids is 1. The molecule has 1 saturated heterocycles. The molecule has 1 heterocycles. The lowest BCUT2D eigenvalue weighted by molar-refractivity contribution is -0.134. The van der Waals surface area contributed by atoms with Gasteiger partial charge in [0.05, 0.1) is 18.3 Å². The molecule has 1 fully saturated rings. The van der Waals surface area contributed by atoms with E-state index in [1.54, 1.807) is 0 Å². The summed E-state index contributed by atoms with van der Waals surface area (Å²) in [5.41, 5.74) is 7.28. The third-order valence-electron chi connectivity index (χ3n) is 6.11. The molecule has 0 bridgehead atoms. The average molecular weight is 455 g/mol. The van der Waals surface area contributed by atoms with Crippen LogP contribution in [0.25, 0.3) is 0 Å². The van der Waals surface area contributed by atoms with Gasteiger partial charge in [-0.25, -0.2) is 4.79 Å². The number of rotatable bonds is 14. The van der Waals surface area contributed by atoms with Gasteiger partial charge in [-0.2, -0.15) is 0 Å². The molecule has 0 unspecified atom stereocenters. The van der Waals surface area contributed by atoms with Crippen molar-refractivity contribution < 1.29 is 14.6 Å². The van der Waals surface area contributed by atoms with E-state index in [-0.39, 0.29) is 11.7 Å². The van der Waals surface area contributed by atoms with Crippen molar-refractivity contribution in [3.8, 4) is 0 Å². The summed E-state index contributed by atoms with van der Waals surface area (Å²) >= 11 is 0. The van der Waals surface area contributed by atoms with Crippen LogP contribution >= 0.6 is 0 Å². The number of allylic oxidation sites excluding steroid dienone is 9. The number of unbranched alkanes of at least 4 members (excludes halogenated alkanes) is 1. The molecule has 33 heavy (non-hydrogen) atoms. The summed E-state index contributed by atoms with van der Waals surface area (Å²) in [5.74, 6) is -0.962. The van der Waals surface area contributed by atoms with E-state index in [0.717, 1.165) is 51.4 Å². The van der Waals surface area contributed by atoms with Crippen molar-refractivity contribution in [2.45, 2.75) is 105 Å². The van der Waals surface area contributed by atoms with Crippen molar-refractivity contribution in [2.24, 2.45) is 0 Å². The predicted octanol–water partition coefficient (Wildman–Crippen LogP) is 8.66. The van der Waals surface area contributed by atoms with E-state index < -0.39 is 5.97 Å². The molecule has 0 aromatic carbocycles. The van der Waals surface area contributed by atoms with Crippen LogP contribution in [0.2, 0.25) is 0 Å². The Kier molecular flexibility index (Phi) is 14.4. The molecule has 1 rings (SSSR count). The van der Waals surface area contributed by atoms with Gasteiger partial charge in [0.1, 0.15) is 0 Å². The molecular weight excluding hydrogens is 408 g/mol. The van der Waals surface area contributed by atoms with Gasteiger partial charge < -0.3 is 9.84 Å².